The van der Waals surface area contributed by atoms with Gasteiger partial charge in [0.2, 0.25) is 0 Å². The lowest BCUT2D eigenvalue weighted by molar-refractivity contribution is 0.198. The average molecular weight is 286 g/mol. The molecule has 0 aliphatic carbocycles. The summed E-state index contributed by atoms with van der Waals surface area (Å²) < 4.78 is 11.2. The molecule has 3 heteroatoms. The van der Waals surface area contributed by atoms with Crippen molar-refractivity contribution in [3.05, 3.63) is 58.7 Å². The Morgan fingerprint density at radius 1 is 1.05 bits per heavy atom. The van der Waals surface area contributed by atoms with Crippen LogP contribution in [0.5, 0.6) is 11.5 Å². The van der Waals surface area contributed by atoms with Gasteiger partial charge in [-0.25, -0.2) is 0 Å². The second-order valence-electron chi connectivity index (χ2n) is 5.28. The van der Waals surface area contributed by atoms with E-state index in [0.717, 1.165) is 22.6 Å². The van der Waals surface area contributed by atoms with Crippen LogP contribution in [0, 0.1) is 13.8 Å². The summed E-state index contributed by atoms with van der Waals surface area (Å²) in [4.78, 5) is 0. The molecule has 2 aromatic rings. The molecule has 1 unspecified atom stereocenters. The summed E-state index contributed by atoms with van der Waals surface area (Å²) in [6.45, 7) is 6.30. The first-order valence-corrected chi connectivity index (χ1v) is 7.06. The molecule has 0 amide bonds. The molecule has 0 saturated heterocycles. The van der Waals surface area contributed by atoms with E-state index in [1.54, 1.807) is 14.0 Å². The van der Waals surface area contributed by atoms with Crippen molar-refractivity contribution in [2.45, 2.75) is 33.5 Å². The first-order chi connectivity index (χ1) is 10.0. The fourth-order valence-corrected chi connectivity index (χ4v) is 2.14. The van der Waals surface area contributed by atoms with Gasteiger partial charge in [0.15, 0.2) is 0 Å². The number of rotatable bonds is 5. The van der Waals surface area contributed by atoms with Crippen LogP contribution in [0.25, 0.3) is 0 Å². The van der Waals surface area contributed by atoms with Gasteiger partial charge in [-0.2, -0.15) is 0 Å². The van der Waals surface area contributed by atoms with Crippen LogP contribution in [0.4, 0.5) is 0 Å². The number of hydrogen-bond donors (Lipinski definition) is 1. The molecule has 112 valence electrons. The number of aliphatic hydroxyl groups is 1. The molecular weight excluding hydrogens is 264 g/mol. The first kappa shape index (κ1) is 15.4. The van der Waals surface area contributed by atoms with Crippen LogP contribution in [0.3, 0.4) is 0 Å². The maximum atomic E-state index is 9.68. The monoisotopic (exact) mass is 286 g/mol. The summed E-state index contributed by atoms with van der Waals surface area (Å²) in [5.41, 5.74) is 4.23. The summed E-state index contributed by atoms with van der Waals surface area (Å²) >= 11 is 0. The normalized spacial score (nSPS) is 12.0. The minimum Gasteiger partial charge on any atom is -0.496 e. The largest absolute Gasteiger partial charge is 0.496 e. The standard InChI is InChI=1S/C18H22O3/c1-12-5-7-17(9-13(12)2)21-11-16-10-15(14(3)19)6-8-18(16)20-4/h5-10,14,19H,11H2,1-4H3. The highest BCUT2D eigenvalue weighted by atomic mass is 16.5. The lowest BCUT2D eigenvalue weighted by Gasteiger charge is -2.14. The zero-order valence-electron chi connectivity index (χ0n) is 13.0. The third-order valence-electron chi connectivity index (χ3n) is 3.66. The summed E-state index contributed by atoms with van der Waals surface area (Å²) in [6, 6.07) is 11.7. The average Bonchev–Trinajstić information content (AvgIpc) is 2.48. The molecule has 2 rings (SSSR count). The van der Waals surface area contributed by atoms with Crippen LogP contribution in [-0.2, 0) is 6.61 Å². The van der Waals surface area contributed by atoms with Crippen molar-refractivity contribution < 1.29 is 14.6 Å². The Bertz CT molecular complexity index is 618. The van der Waals surface area contributed by atoms with E-state index >= 15 is 0 Å². The Balaban J connectivity index is 2.17. The van der Waals surface area contributed by atoms with Crippen molar-refractivity contribution in [2.24, 2.45) is 0 Å². The maximum Gasteiger partial charge on any atom is 0.125 e. The number of hydrogen-bond acceptors (Lipinski definition) is 3. The quantitative estimate of drug-likeness (QED) is 0.904. The van der Waals surface area contributed by atoms with Gasteiger partial charge in [-0.05, 0) is 61.7 Å². The highest BCUT2D eigenvalue weighted by Gasteiger charge is 2.09. The number of benzene rings is 2. The smallest absolute Gasteiger partial charge is 0.125 e. The molecule has 0 aliphatic heterocycles. The van der Waals surface area contributed by atoms with Crippen molar-refractivity contribution >= 4 is 0 Å². The summed E-state index contributed by atoms with van der Waals surface area (Å²) in [5, 5.41) is 9.68. The number of aliphatic hydroxyl groups excluding tert-OH is 1. The van der Waals surface area contributed by atoms with E-state index in [9.17, 15) is 5.11 Å². The van der Waals surface area contributed by atoms with E-state index in [0.29, 0.717) is 6.61 Å². The van der Waals surface area contributed by atoms with Crippen LogP contribution in [0.2, 0.25) is 0 Å². The van der Waals surface area contributed by atoms with E-state index in [4.69, 9.17) is 9.47 Å². The molecule has 1 N–H and O–H groups in total. The minimum absolute atomic E-state index is 0.409. The molecule has 2 aromatic carbocycles. The van der Waals surface area contributed by atoms with Gasteiger partial charge < -0.3 is 14.6 Å². The highest BCUT2D eigenvalue weighted by molar-refractivity contribution is 5.39. The van der Waals surface area contributed by atoms with Gasteiger partial charge in [0, 0.05) is 5.56 Å². The third-order valence-corrected chi connectivity index (χ3v) is 3.66. The van der Waals surface area contributed by atoms with Crippen molar-refractivity contribution in [3.8, 4) is 11.5 Å². The molecule has 1 atom stereocenters. The Morgan fingerprint density at radius 2 is 1.81 bits per heavy atom. The van der Waals surface area contributed by atoms with Crippen LogP contribution < -0.4 is 9.47 Å². The van der Waals surface area contributed by atoms with Crippen LogP contribution in [0.1, 0.15) is 35.3 Å². The van der Waals surface area contributed by atoms with E-state index in [-0.39, 0.29) is 0 Å². The number of methoxy groups -OCH3 is 1. The summed E-state index contributed by atoms with van der Waals surface area (Å²) in [6.07, 6.45) is -0.503. The summed E-state index contributed by atoms with van der Waals surface area (Å²) in [5.74, 6) is 1.60. The maximum absolute atomic E-state index is 9.68. The van der Waals surface area contributed by atoms with E-state index in [1.807, 2.05) is 36.4 Å². The van der Waals surface area contributed by atoms with Gasteiger partial charge in [-0.3, -0.25) is 0 Å². The molecule has 0 saturated carbocycles. The number of aryl methyl sites for hydroxylation is 2. The molecule has 21 heavy (non-hydrogen) atoms. The lowest BCUT2D eigenvalue weighted by atomic mass is 10.1. The van der Waals surface area contributed by atoms with Gasteiger partial charge in [-0.1, -0.05) is 12.1 Å². The number of ether oxygens (including phenoxy) is 2. The Hall–Kier alpha value is -2.00. The van der Waals surface area contributed by atoms with E-state index in [2.05, 4.69) is 13.8 Å². The predicted molar refractivity (Wildman–Crippen MR) is 83.9 cm³/mol. The van der Waals surface area contributed by atoms with Crippen LogP contribution >= 0.6 is 0 Å². The molecule has 0 radical (unpaired) electrons. The fourth-order valence-electron chi connectivity index (χ4n) is 2.14. The highest BCUT2D eigenvalue weighted by Crippen LogP contribution is 2.25. The van der Waals surface area contributed by atoms with Crippen LogP contribution in [0.15, 0.2) is 36.4 Å². The molecule has 0 aliphatic rings. The Labute approximate surface area is 126 Å². The van der Waals surface area contributed by atoms with Gasteiger partial charge in [0.05, 0.1) is 13.2 Å². The van der Waals surface area contributed by atoms with Gasteiger partial charge in [0.1, 0.15) is 18.1 Å². The zero-order chi connectivity index (χ0) is 15.4. The Morgan fingerprint density at radius 3 is 2.43 bits per heavy atom. The van der Waals surface area contributed by atoms with Gasteiger partial charge >= 0.3 is 0 Å². The fraction of sp³-hybridized carbons (Fsp3) is 0.333. The predicted octanol–water partition coefficient (Wildman–Crippen LogP) is 3.94. The Kier molecular flexibility index (Phi) is 4.86. The van der Waals surface area contributed by atoms with Gasteiger partial charge in [-0.15, -0.1) is 0 Å². The topological polar surface area (TPSA) is 38.7 Å². The zero-order valence-corrected chi connectivity index (χ0v) is 13.0. The molecule has 0 heterocycles. The molecule has 0 spiro atoms. The summed E-state index contributed by atoms with van der Waals surface area (Å²) in [7, 11) is 1.64. The first-order valence-electron chi connectivity index (χ1n) is 7.06. The molecular formula is C18H22O3. The lowest BCUT2D eigenvalue weighted by Crippen LogP contribution is -2.01. The second kappa shape index (κ2) is 6.64. The molecule has 3 nitrogen and oxygen atoms in total. The molecule has 0 fully saturated rings. The SMILES string of the molecule is COc1ccc(C(C)O)cc1COc1ccc(C)c(C)c1. The van der Waals surface area contributed by atoms with E-state index < -0.39 is 6.10 Å². The van der Waals surface area contributed by atoms with Crippen molar-refractivity contribution in [1.29, 1.82) is 0 Å². The van der Waals surface area contributed by atoms with Crippen molar-refractivity contribution in [1.82, 2.24) is 0 Å². The van der Waals surface area contributed by atoms with Crippen LogP contribution in [-0.4, -0.2) is 12.2 Å². The third kappa shape index (κ3) is 3.76. The van der Waals surface area contributed by atoms with E-state index in [1.165, 1.54) is 11.1 Å². The minimum atomic E-state index is -0.503. The van der Waals surface area contributed by atoms with Crippen molar-refractivity contribution in [2.75, 3.05) is 7.11 Å². The molecule has 0 aromatic heterocycles. The molecule has 0 bridgehead atoms. The van der Waals surface area contributed by atoms with Crippen molar-refractivity contribution in [3.63, 3.8) is 0 Å². The van der Waals surface area contributed by atoms with Gasteiger partial charge in [0.25, 0.3) is 0 Å². The second-order valence-corrected chi connectivity index (χ2v) is 5.28.